The highest BCUT2D eigenvalue weighted by Crippen LogP contribution is 2.44. The highest BCUT2D eigenvalue weighted by atomic mass is 32.1. The molecule has 3 heterocycles. The molecular weight excluding hydrogens is 438 g/mol. The van der Waals surface area contributed by atoms with Gasteiger partial charge in [0.05, 0.1) is 18.3 Å². The number of anilines is 1. The van der Waals surface area contributed by atoms with Crippen LogP contribution in [0.25, 0.3) is 5.00 Å². The smallest absolute Gasteiger partial charge is 0.310 e. The summed E-state index contributed by atoms with van der Waals surface area (Å²) in [6, 6.07) is 20.7. The van der Waals surface area contributed by atoms with Gasteiger partial charge in [-0.2, -0.15) is 0 Å². The number of fused-ring (bicyclic) bond motifs is 5. The Hall–Kier alpha value is -3.31. The van der Waals surface area contributed by atoms with Gasteiger partial charge in [-0.15, -0.1) is 11.3 Å². The second kappa shape index (κ2) is 8.48. The van der Waals surface area contributed by atoms with Crippen molar-refractivity contribution >= 4 is 23.1 Å². The molecule has 2 aromatic carbocycles. The average molecular weight is 468 g/mol. The van der Waals surface area contributed by atoms with Gasteiger partial charge in [0.1, 0.15) is 5.00 Å². The van der Waals surface area contributed by atoms with Gasteiger partial charge in [0.25, 0.3) is 0 Å². The first kappa shape index (κ1) is 21.2. The van der Waals surface area contributed by atoms with Gasteiger partial charge in [-0.3, -0.25) is 0 Å². The molecule has 0 radical (unpaired) electrons. The van der Waals surface area contributed by atoms with Crippen LogP contribution in [-0.2, 0) is 19.4 Å². The summed E-state index contributed by atoms with van der Waals surface area (Å²) in [5, 5.41) is 4.47. The normalized spacial score (nSPS) is 16.9. The van der Waals surface area contributed by atoms with Crippen molar-refractivity contribution in [3.8, 4) is 5.00 Å². The molecule has 4 aromatic rings. The molecule has 34 heavy (non-hydrogen) atoms. The Morgan fingerprint density at radius 2 is 1.62 bits per heavy atom. The maximum atomic E-state index is 13.9. The quantitative estimate of drug-likeness (QED) is 0.333. The van der Waals surface area contributed by atoms with Gasteiger partial charge in [0.15, 0.2) is 0 Å². The maximum Gasteiger partial charge on any atom is 0.322 e. The van der Waals surface area contributed by atoms with Crippen LogP contribution in [0, 0.1) is 13.8 Å². The second-order valence-corrected chi connectivity index (χ2v) is 10.6. The van der Waals surface area contributed by atoms with Crippen LogP contribution in [0.5, 0.6) is 0 Å². The molecule has 6 rings (SSSR count). The highest BCUT2D eigenvalue weighted by Gasteiger charge is 2.36. The molecule has 172 valence electrons. The van der Waals surface area contributed by atoms with E-state index in [1.54, 1.807) is 0 Å². The van der Waals surface area contributed by atoms with Crippen molar-refractivity contribution in [1.29, 1.82) is 0 Å². The predicted molar refractivity (Wildman–Crippen MR) is 139 cm³/mol. The fourth-order valence-corrected chi connectivity index (χ4v) is 6.72. The topological polar surface area (TPSA) is 37.3 Å². The summed E-state index contributed by atoms with van der Waals surface area (Å²) in [6.45, 7) is 4.77. The summed E-state index contributed by atoms with van der Waals surface area (Å²) in [5.74, 6) is 0. The number of nitrogens with zero attached hydrogens (tertiary/aromatic N) is 2. The number of urea groups is 1. The van der Waals surface area contributed by atoms with Gasteiger partial charge in [0, 0.05) is 22.3 Å². The largest absolute Gasteiger partial charge is 0.322 e. The Balaban J connectivity index is 1.49. The van der Waals surface area contributed by atoms with Crippen LogP contribution in [0.1, 0.15) is 57.3 Å². The minimum Gasteiger partial charge on any atom is -0.310 e. The summed E-state index contributed by atoms with van der Waals surface area (Å²) in [5.41, 5.74) is 8.29. The molecule has 0 bridgehead atoms. The van der Waals surface area contributed by atoms with E-state index in [1.807, 2.05) is 40.5 Å². The molecular formula is C29H29N3OS. The Labute approximate surface area is 204 Å². The minimum atomic E-state index is -0.167. The lowest BCUT2D eigenvalue weighted by Crippen LogP contribution is -2.38. The molecule has 1 atom stereocenters. The zero-order valence-corrected chi connectivity index (χ0v) is 20.5. The third-order valence-corrected chi connectivity index (χ3v) is 8.47. The number of carbonyl (C=O) groups is 1. The lowest BCUT2D eigenvalue weighted by atomic mass is 9.95. The number of thiophene rings is 1. The van der Waals surface area contributed by atoms with E-state index in [0.29, 0.717) is 6.54 Å². The van der Waals surface area contributed by atoms with E-state index in [1.165, 1.54) is 45.0 Å². The zero-order chi connectivity index (χ0) is 23.2. The number of hydrogen-bond donors (Lipinski definition) is 1. The van der Waals surface area contributed by atoms with Crippen LogP contribution >= 0.6 is 11.3 Å². The van der Waals surface area contributed by atoms with Gasteiger partial charge >= 0.3 is 6.03 Å². The van der Waals surface area contributed by atoms with Crippen LogP contribution in [0.4, 0.5) is 10.5 Å². The van der Waals surface area contributed by atoms with Crippen LogP contribution in [-0.4, -0.2) is 15.5 Å². The molecule has 1 aliphatic heterocycles. The first-order chi connectivity index (χ1) is 16.6. The van der Waals surface area contributed by atoms with Crippen molar-refractivity contribution in [2.45, 2.75) is 52.1 Å². The summed E-state index contributed by atoms with van der Waals surface area (Å²) in [6.07, 6.45) is 6.92. The van der Waals surface area contributed by atoms with Crippen molar-refractivity contribution in [3.05, 3.63) is 105 Å². The van der Waals surface area contributed by atoms with Crippen molar-refractivity contribution in [3.63, 3.8) is 0 Å². The van der Waals surface area contributed by atoms with E-state index in [2.05, 4.69) is 66.3 Å². The van der Waals surface area contributed by atoms with E-state index < -0.39 is 0 Å². The third kappa shape index (κ3) is 3.64. The molecule has 2 amide bonds. The number of rotatable bonds is 2. The molecule has 5 heteroatoms. The third-order valence-electron chi connectivity index (χ3n) is 7.14. The van der Waals surface area contributed by atoms with Gasteiger partial charge in [-0.25, -0.2) is 4.79 Å². The number of carbonyl (C=O) groups excluding carboxylic acids is 1. The molecule has 2 aromatic heterocycles. The van der Waals surface area contributed by atoms with Gasteiger partial charge < -0.3 is 14.8 Å². The zero-order valence-electron chi connectivity index (χ0n) is 19.7. The predicted octanol–water partition coefficient (Wildman–Crippen LogP) is 7.17. The van der Waals surface area contributed by atoms with E-state index in [9.17, 15) is 4.79 Å². The number of aryl methyl sites for hydroxylation is 3. The van der Waals surface area contributed by atoms with E-state index in [0.717, 1.165) is 29.8 Å². The monoisotopic (exact) mass is 467 g/mol. The first-order valence-corrected chi connectivity index (χ1v) is 12.9. The Morgan fingerprint density at radius 3 is 2.38 bits per heavy atom. The molecule has 1 aliphatic carbocycles. The molecule has 1 N–H and O–H groups in total. The van der Waals surface area contributed by atoms with Crippen molar-refractivity contribution < 1.29 is 4.79 Å². The molecule has 0 unspecified atom stereocenters. The minimum absolute atomic E-state index is 0.0641. The number of benzene rings is 2. The molecule has 0 fully saturated rings. The Morgan fingerprint density at radius 1 is 0.912 bits per heavy atom. The van der Waals surface area contributed by atoms with Gasteiger partial charge in [0.2, 0.25) is 0 Å². The average Bonchev–Trinajstić information content (AvgIpc) is 3.43. The SMILES string of the molecule is Cc1ccc(NC(=O)N2Cc3c(sc4c3CCCC4)-n3cccc3[C@@H]2c2ccc(C)cc2)cc1. The fraction of sp³-hybridized carbons (Fsp3) is 0.276. The summed E-state index contributed by atoms with van der Waals surface area (Å²) in [4.78, 5) is 17.4. The van der Waals surface area contributed by atoms with Crippen molar-refractivity contribution in [2.24, 2.45) is 0 Å². The van der Waals surface area contributed by atoms with Crippen molar-refractivity contribution in [1.82, 2.24) is 9.47 Å². The second-order valence-electron chi connectivity index (χ2n) is 9.53. The number of amides is 2. The molecule has 0 saturated carbocycles. The van der Waals surface area contributed by atoms with Crippen LogP contribution in [0.3, 0.4) is 0 Å². The van der Waals surface area contributed by atoms with E-state index in [4.69, 9.17) is 0 Å². The van der Waals surface area contributed by atoms with Crippen LogP contribution < -0.4 is 5.32 Å². The van der Waals surface area contributed by atoms with E-state index in [-0.39, 0.29) is 12.1 Å². The molecule has 4 nitrogen and oxygen atoms in total. The fourth-order valence-electron chi connectivity index (χ4n) is 5.32. The number of hydrogen-bond acceptors (Lipinski definition) is 2. The number of aromatic nitrogens is 1. The van der Waals surface area contributed by atoms with Crippen LogP contribution in [0.15, 0.2) is 66.9 Å². The molecule has 0 spiro atoms. The van der Waals surface area contributed by atoms with Crippen molar-refractivity contribution in [2.75, 3.05) is 5.32 Å². The molecule has 0 saturated heterocycles. The summed E-state index contributed by atoms with van der Waals surface area (Å²) < 4.78 is 2.34. The maximum absolute atomic E-state index is 13.9. The van der Waals surface area contributed by atoms with Gasteiger partial charge in [-0.05, 0) is 74.9 Å². The standard InChI is InChI=1S/C29H29N3OS/c1-19-9-13-21(14-10-19)27-25-7-5-17-31(25)28-24(23-6-3-4-8-26(23)34-28)18-32(27)29(33)30-22-15-11-20(2)12-16-22/h5,7,9-17,27H,3-4,6,8,18H2,1-2H3,(H,30,33)/t27-/m0/s1. The molecule has 2 aliphatic rings. The van der Waals surface area contributed by atoms with Gasteiger partial charge in [-0.1, -0.05) is 47.5 Å². The summed E-state index contributed by atoms with van der Waals surface area (Å²) in [7, 11) is 0. The Kier molecular flexibility index (Phi) is 5.30. The first-order valence-electron chi connectivity index (χ1n) is 12.1. The highest BCUT2D eigenvalue weighted by molar-refractivity contribution is 7.15. The lowest BCUT2D eigenvalue weighted by molar-refractivity contribution is 0.194. The number of nitrogens with one attached hydrogen (secondary N) is 1. The summed E-state index contributed by atoms with van der Waals surface area (Å²) >= 11 is 1.92. The Bertz CT molecular complexity index is 1350. The van der Waals surface area contributed by atoms with Crippen LogP contribution in [0.2, 0.25) is 0 Å². The lowest BCUT2D eigenvalue weighted by Gasteiger charge is -2.31. The van der Waals surface area contributed by atoms with E-state index >= 15 is 0 Å².